The van der Waals surface area contributed by atoms with Crippen LogP contribution in [0.3, 0.4) is 0 Å². The molecule has 2 saturated heterocycles. The third-order valence-electron chi connectivity index (χ3n) is 4.90. The third kappa shape index (κ3) is 3.48. The van der Waals surface area contributed by atoms with Gasteiger partial charge in [-0.2, -0.15) is 0 Å². The largest absolute Gasteiger partial charge is 0.334 e. The van der Waals surface area contributed by atoms with E-state index in [0.717, 1.165) is 38.0 Å². The van der Waals surface area contributed by atoms with E-state index in [1.165, 1.54) is 6.07 Å². The van der Waals surface area contributed by atoms with Crippen molar-refractivity contribution in [1.29, 1.82) is 0 Å². The maximum absolute atomic E-state index is 12.1. The van der Waals surface area contributed by atoms with E-state index in [1.807, 2.05) is 19.1 Å². The Morgan fingerprint density at radius 3 is 2.67 bits per heavy atom. The molecule has 2 bridgehead atoms. The van der Waals surface area contributed by atoms with Crippen LogP contribution in [0.5, 0.6) is 0 Å². The third-order valence-corrected chi connectivity index (χ3v) is 4.90. The normalized spacial score (nSPS) is 23.8. The van der Waals surface area contributed by atoms with Crippen molar-refractivity contribution in [3.8, 4) is 0 Å². The van der Waals surface area contributed by atoms with Gasteiger partial charge in [0, 0.05) is 50.3 Å². The molecule has 2 heterocycles. The fraction of sp³-hybridized carbons (Fsp3) is 0.500. The highest BCUT2D eigenvalue weighted by atomic mass is 16.6. The van der Waals surface area contributed by atoms with E-state index in [4.69, 9.17) is 0 Å². The average molecular weight is 329 g/mol. The number of rotatable bonds is 5. The number of hydrogen-bond donors (Lipinski definition) is 0. The number of hydrogen-bond acceptors (Lipinski definition) is 4. The van der Waals surface area contributed by atoms with Crippen LogP contribution in [-0.4, -0.2) is 52.3 Å². The number of non-ortho nitro benzene ring substituents is 1. The van der Waals surface area contributed by atoms with Crippen LogP contribution in [0.25, 0.3) is 6.08 Å². The van der Waals surface area contributed by atoms with Crippen LogP contribution in [0, 0.1) is 10.1 Å². The first-order chi connectivity index (χ1) is 11.6. The Kier molecular flexibility index (Phi) is 4.94. The van der Waals surface area contributed by atoms with Crippen molar-refractivity contribution in [2.45, 2.75) is 38.3 Å². The van der Waals surface area contributed by atoms with Gasteiger partial charge in [-0.1, -0.05) is 31.2 Å². The second-order valence-corrected chi connectivity index (χ2v) is 6.51. The Morgan fingerprint density at radius 2 is 2.04 bits per heavy atom. The number of nitro benzene ring substituents is 1. The van der Waals surface area contributed by atoms with Crippen molar-refractivity contribution in [1.82, 2.24) is 9.80 Å². The van der Waals surface area contributed by atoms with Gasteiger partial charge in [0.05, 0.1) is 4.92 Å². The molecule has 0 spiro atoms. The molecule has 1 aromatic rings. The molecule has 0 saturated carbocycles. The number of nitrogens with zero attached hydrogens (tertiary/aromatic N) is 3. The smallest absolute Gasteiger partial charge is 0.270 e. The SMILES string of the molecule is CCC(=O)N1C2CCC1CN(C/C=C/c1cccc([N+](=O)[O-])c1)C2. The van der Waals surface area contributed by atoms with Gasteiger partial charge in [0.25, 0.3) is 5.69 Å². The van der Waals surface area contributed by atoms with Crippen LogP contribution < -0.4 is 0 Å². The van der Waals surface area contributed by atoms with Crippen molar-refractivity contribution in [2.75, 3.05) is 19.6 Å². The molecule has 2 aliphatic rings. The summed E-state index contributed by atoms with van der Waals surface area (Å²) in [6.07, 6.45) is 6.76. The highest BCUT2D eigenvalue weighted by molar-refractivity contribution is 5.77. The van der Waals surface area contributed by atoms with Gasteiger partial charge < -0.3 is 4.90 Å². The molecule has 6 nitrogen and oxygen atoms in total. The Balaban J connectivity index is 1.58. The number of amides is 1. The number of carbonyl (C=O) groups excluding carboxylic acids is 1. The molecular formula is C18H23N3O3. The average Bonchev–Trinajstić information content (AvgIpc) is 2.85. The summed E-state index contributed by atoms with van der Waals surface area (Å²) in [4.78, 5) is 27.0. The molecular weight excluding hydrogens is 306 g/mol. The van der Waals surface area contributed by atoms with Crippen molar-refractivity contribution >= 4 is 17.7 Å². The lowest BCUT2D eigenvalue weighted by molar-refractivity contribution is -0.384. The highest BCUT2D eigenvalue weighted by Crippen LogP contribution is 2.30. The van der Waals surface area contributed by atoms with E-state index in [-0.39, 0.29) is 16.5 Å². The quantitative estimate of drug-likeness (QED) is 0.615. The summed E-state index contributed by atoms with van der Waals surface area (Å²) in [6, 6.07) is 7.35. The highest BCUT2D eigenvalue weighted by Gasteiger charge is 2.41. The van der Waals surface area contributed by atoms with Crippen molar-refractivity contribution in [2.24, 2.45) is 0 Å². The molecule has 2 atom stereocenters. The lowest BCUT2D eigenvalue weighted by atomic mass is 10.1. The van der Waals surface area contributed by atoms with Gasteiger partial charge >= 0.3 is 0 Å². The number of carbonyl (C=O) groups is 1. The molecule has 6 heteroatoms. The standard InChI is InChI=1S/C18H23N3O3/c1-2-18(22)20-16-8-9-17(20)13-19(12-16)10-4-6-14-5-3-7-15(11-14)21(23)24/h3-7,11,16-17H,2,8-10,12-13H2,1H3/b6-4+. The van der Waals surface area contributed by atoms with Crippen LogP contribution in [0.2, 0.25) is 0 Å². The summed E-state index contributed by atoms with van der Waals surface area (Å²) < 4.78 is 0. The minimum absolute atomic E-state index is 0.113. The van der Waals surface area contributed by atoms with Gasteiger partial charge in [-0.25, -0.2) is 0 Å². The van der Waals surface area contributed by atoms with E-state index in [1.54, 1.807) is 12.1 Å². The summed E-state index contributed by atoms with van der Waals surface area (Å²) in [6.45, 7) is 4.57. The Hall–Kier alpha value is -2.21. The fourth-order valence-electron chi connectivity index (χ4n) is 3.81. The summed E-state index contributed by atoms with van der Waals surface area (Å²) in [7, 11) is 0. The molecule has 128 valence electrons. The zero-order valence-electron chi connectivity index (χ0n) is 13.9. The van der Waals surface area contributed by atoms with Gasteiger partial charge in [0.2, 0.25) is 5.91 Å². The topological polar surface area (TPSA) is 66.7 Å². The predicted molar refractivity (Wildman–Crippen MR) is 92.5 cm³/mol. The minimum Gasteiger partial charge on any atom is -0.334 e. The predicted octanol–water partition coefficient (Wildman–Crippen LogP) is 2.69. The molecule has 2 aliphatic heterocycles. The molecule has 0 aromatic heterocycles. The molecule has 0 N–H and O–H groups in total. The monoisotopic (exact) mass is 329 g/mol. The van der Waals surface area contributed by atoms with Crippen LogP contribution in [0.1, 0.15) is 31.7 Å². The van der Waals surface area contributed by atoms with E-state index in [0.29, 0.717) is 18.5 Å². The molecule has 1 aromatic carbocycles. The van der Waals surface area contributed by atoms with Crippen LogP contribution in [0.4, 0.5) is 5.69 Å². The van der Waals surface area contributed by atoms with E-state index < -0.39 is 0 Å². The minimum atomic E-state index is -0.376. The Labute approximate surface area is 141 Å². The maximum Gasteiger partial charge on any atom is 0.270 e. The summed E-state index contributed by atoms with van der Waals surface area (Å²) >= 11 is 0. The van der Waals surface area contributed by atoms with Gasteiger partial charge in [0.15, 0.2) is 0 Å². The van der Waals surface area contributed by atoms with Crippen LogP contribution >= 0.6 is 0 Å². The first kappa shape index (κ1) is 16.6. The Bertz CT molecular complexity index is 645. The van der Waals surface area contributed by atoms with E-state index in [2.05, 4.69) is 15.9 Å². The van der Waals surface area contributed by atoms with Gasteiger partial charge in [0.1, 0.15) is 0 Å². The molecule has 0 aliphatic carbocycles. The fourth-order valence-corrected chi connectivity index (χ4v) is 3.81. The zero-order chi connectivity index (χ0) is 17.1. The summed E-state index contributed by atoms with van der Waals surface area (Å²) in [5, 5.41) is 10.8. The van der Waals surface area contributed by atoms with Crippen molar-refractivity contribution in [3.05, 3.63) is 46.0 Å². The molecule has 1 amide bonds. The molecule has 2 fully saturated rings. The maximum atomic E-state index is 12.1. The first-order valence-electron chi connectivity index (χ1n) is 8.53. The number of nitro groups is 1. The number of piperazine rings is 1. The molecule has 24 heavy (non-hydrogen) atoms. The van der Waals surface area contributed by atoms with E-state index in [9.17, 15) is 14.9 Å². The Morgan fingerprint density at radius 1 is 1.33 bits per heavy atom. The molecule has 3 rings (SSSR count). The van der Waals surface area contributed by atoms with E-state index >= 15 is 0 Å². The van der Waals surface area contributed by atoms with Crippen LogP contribution in [0.15, 0.2) is 30.3 Å². The molecule has 2 unspecified atom stereocenters. The van der Waals surface area contributed by atoms with Crippen LogP contribution in [-0.2, 0) is 4.79 Å². The van der Waals surface area contributed by atoms with Gasteiger partial charge in [-0.05, 0) is 18.4 Å². The summed E-state index contributed by atoms with van der Waals surface area (Å²) in [5.74, 6) is 0.272. The van der Waals surface area contributed by atoms with Gasteiger partial charge in [-0.3, -0.25) is 19.8 Å². The zero-order valence-corrected chi connectivity index (χ0v) is 13.9. The number of likely N-dealkylation sites (tertiary alicyclic amines) is 1. The second-order valence-electron chi connectivity index (χ2n) is 6.51. The first-order valence-corrected chi connectivity index (χ1v) is 8.53. The van der Waals surface area contributed by atoms with Crippen molar-refractivity contribution in [3.63, 3.8) is 0 Å². The lowest BCUT2D eigenvalue weighted by Crippen LogP contribution is -2.55. The van der Waals surface area contributed by atoms with Crippen molar-refractivity contribution < 1.29 is 9.72 Å². The number of benzene rings is 1. The molecule has 0 radical (unpaired) electrons. The summed E-state index contributed by atoms with van der Waals surface area (Å²) in [5.41, 5.74) is 0.953. The second kappa shape index (κ2) is 7.13. The lowest BCUT2D eigenvalue weighted by Gasteiger charge is -2.40. The van der Waals surface area contributed by atoms with Gasteiger partial charge in [-0.15, -0.1) is 0 Å². The number of fused-ring (bicyclic) bond motifs is 2.